The highest BCUT2D eigenvalue weighted by Crippen LogP contribution is 2.00. The van der Waals surface area contributed by atoms with Crippen LogP contribution < -0.4 is 0 Å². The number of rotatable bonds is 11. The Morgan fingerprint density at radius 1 is 0.722 bits per heavy atom. The average molecular weight is 299 g/mol. The SMILES string of the molecule is O=C(CCCCCl)OCCOC(=O)CCCCCl. The van der Waals surface area contributed by atoms with Crippen molar-refractivity contribution < 1.29 is 19.1 Å². The van der Waals surface area contributed by atoms with E-state index < -0.39 is 0 Å². The first-order valence-corrected chi connectivity index (χ1v) is 7.20. The summed E-state index contributed by atoms with van der Waals surface area (Å²) in [4.78, 5) is 22.3. The first kappa shape index (κ1) is 17.5. The first-order chi connectivity index (χ1) is 8.70. The van der Waals surface area contributed by atoms with Crippen molar-refractivity contribution >= 4 is 35.1 Å². The Morgan fingerprint density at radius 2 is 1.11 bits per heavy atom. The summed E-state index contributed by atoms with van der Waals surface area (Å²) in [5.41, 5.74) is 0. The van der Waals surface area contributed by atoms with Crippen molar-refractivity contribution in [3.05, 3.63) is 0 Å². The van der Waals surface area contributed by atoms with Crippen molar-refractivity contribution in [3.63, 3.8) is 0 Å². The van der Waals surface area contributed by atoms with Crippen LogP contribution >= 0.6 is 23.2 Å². The van der Waals surface area contributed by atoms with Crippen LogP contribution in [0.15, 0.2) is 0 Å². The summed E-state index contributed by atoms with van der Waals surface area (Å²) in [5.74, 6) is 0.539. The minimum atomic E-state index is -0.279. The Labute approximate surface area is 118 Å². The third-order valence-electron chi connectivity index (χ3n) is 2.14. The maximum atomic E-state index is 11.2. The van der Waals surface area contributed by atoms with Gasteiger partial charge >= 0.3 is 11.9 Å². The van der Waals surface area contributed by atoms with Crippen molar-refractivity contribution in [2.24, 2.45) is 0 Å². The smallest absolute Gasteiger partial charge is 0.305 e. The van der Waals surface area contributed by atoms with Crippen LogP contribution in [0.3, 0.4) is 0 Å². The molecule has 0 aromatic heterocycles. The van der Waals surface area contributed by atoms with E-state index in [2.05, 4.69) is 0 Å². The summed E-state index contributed by atoms with van der Waals surface area (Å²) < 4.78 is 9.77. The zero-order chi connectivity index (χ0) is 13.6. The molecule has 6 heteroatoms. The molecule has 0 amide bonds. The third kappa shape index (κ3) is 12.0. The lowest BCUT2D eigenvalue weighted by Gasteiger charge is -2.06. The van der Waals surface area contributed by atoms with Crippen LogP contribution in [0, 0.1) is 0 Å². The minimum Gasteiger partial charge on any atom is -0.462 e. The van der Waals surface area contributed by atoms with Gasteiger partial charge in [0.05, 0.1) is 0 Å². The number of carbonyl (C=O) groups excluding carboxylic acids is 2. The van der Waals surface area contributed by atoms with E-state index >= 15 is 0 Å². The number of ether oxygens (including phenoxy) is 2. The van der Waals surface area contributed by atoms with Gasteiger partial charge in [0.25, 0.3) is 0 Å². The quantitative estimate of drug-likeness (QED) is 0.334. The Hall–Kier alpha value is -0.480. The molecule has 106 valence electrons. The van der Waals surface area contributed by atoms with E-state index in [1.807, 2.05) is 0 Å². The molecule has 0 unspecified atom stereocenters. The molecular weight excluding hydrogens is 279 g/mol. The van der Waals surface area contributed by atoms with E-state index in [0.717, 1.165) is 25.7 Å². The van der Waals surface area contributed by atoms with Crippen molar-refractivity contribution in [2.45, 2.75) is 38.5 Å². The van der Waals surface area contributed by atoms with Crippen molar-refractivity contribution in [3.8, 4) is 0 Å². The zero-order valence-electron chi connectivity index (χ0n) is 10.5. The molecule has 18 heavy (non-hydrogen) atoms. The number of hydrogen-bond donors (Lipinski definition) is 0. The van der Waals surface area contributed by atoms with Crippen molar-refractivity contribution in [2.75, 3.05) is 25.0 Å². The Bertz CT molecular complexity index is 210. The lowest BCUT2D eigenvalue weighted by Crippen LogP contribution is -2.13. The first-order valence-electron chi connectivity index (χ1n) is 6.14. The number of hydrogen-bond acceptors (Lipinski definition) is 4. The Kier molecular flexibility index (Phi) is 12.6. The normalized spacial score (nSPS) is 10.1. The molecule has 0 atom stereocenters. The molecule has 0 aliphatic rings. The molecule has 0 aliphatic carbocycles. The summed E-state index contributed by atoms with van der Waals surface area (Å²) in [6, 6.07) is 0. The van der Waals surface area contributed by atoms with Crippen LogP contribution in [0.5, 0.6) is 0 Å². The summed E-state index contributed by atoms with van der Waals surface area (Å²) in [5, 5.41) is 0. The molecule has 0 aromatic rings. The van der Waals surface area contributed by atoms with Gasteiger partial charge in [-0.3, -0.25) is 9.59 Å². The van der Waals surface area contributed by atoms with E-state index in [4.69, 9.17) is 32.7 Å². The highest BCUT2D eigenvalue weighted by molar-refractivity contribution is 6.18. The van der Waals surface area contributed by atoms with Gasteiger partial charge in [-0.1, -0.05) is 0 Å². The summed E-state index contributed by atoms with van der Waals surface area (Å²) >= 11 is 11.0. The highest BCUT2D eigenvalue weighted by Gasteiger charge is 2.05. The number of halogens is 2. The second-order valence-corrected chi connectivity index (χ2v) is 4.49. The molecule has 0 saturated carbocycles. The molecule has 0 N–H and O–H groups in total. The van der Waals surface area contributed by atoms with E-state index in [1.165, 1.54) is 0 Å². The molecule has 0 heterocycles. The summed E-state index contributed by atoms with van der Waals surface area (Å²) in [7, 11) is 0. The van der Waals surface area contributed by atoms with Gasteiger partial charge in [0.15, 0.2) is 0 Å². The van der Waals surface area contributed by atoms with Gasteiger partial charge < -0.3 is 9.47 Å². The summed E-state index contributed by atoms with van der Waals surface area (Å²) in [6.07, 6.45) is 3.76. The van der Waals surface area contributed by atoms with E-state index in [-0.39, 0.29) is 25.2 Å². The molecule has 0 bridgehead atoms. The van der Waals surface area contributed by atoms with Crippen molar-refractivity contribution in [1.29, 1.82) is 0 Å². The minimum absolute atomic E-state index is 0.112. The van der Waals surface area contributed by atoms with Gasteiger partial charge in [-0.2, -0.15) is 0 Å². The standard InChI is InChI=1S/C12H20Cl2O4/c13-7-3-1-5-11(15)17-9-10-18-12(16)6-2-4-8-14/h1-10H2. The maximum Gasteiger partial charge on any atom is 0.305 e. The van der Waals surface area contributed by atoms with Crippen LogP contribution in [-0.2, 0) is 19.1 Å². The number of alkyl halides is 2. The molecule has 0 aromatic carbocycles. The van der Waals surface area contributed by atoms with Gasteiger partial charge in [-0.05, 0) is 25.7 Å². The third-order valence-corrected chi connectivity index (χ3v) is 2.67. The number of unbranched alkanes of at least 4 members (excludes halogenated alkanes) is 2. The van der Waals surface area contributed by atoms with Crippen LogP contribution in [-0.4, -0.2) is 36.9 Å². The maximum absolute atomic E-state index is 11.2. The van der Waals surface area contributed by atoms with Gasteiger partial charge in [0, 0.05) is 24.6 Å². The van der Waals surface area contributed by atoms with Gasteiger partial charge in [0.2, 0.25) is 0 Å². The monoisotopic (exact) mass is 298 g/mol. The van der Waals surface area contributed by atoms with Crippen molar-refractivity contribution in [1.82, 2.24) is 0 Å². The van der Waals surface area contributed by atoms with E-state index in [1.54, 1.807) is 0 Å². The molecule has 0 fully saturated rings. The number of carbonyl (C=O) groups is 2. The van der Waals surface area contributed by atoms with Gasteiger partial charge in [-0.15, -0.1) is 23.2 Å². The van der Waals surface area contributed by atoms with Crippen LogP contribution in [0.25, 0.3) is 0 Å². The van der Waals surface area contributed by atoms with E-state index in [0.29, 0.717) is 24.6 Å². The van der Waals surface area contributed by atoms with Gasteiger partial charge in [-0.25, -0.2) is 0 Å². The van der Waals surface area contributed by atoms with E-state index in [9.17, 15) is 9.59 Å². The highest BCUT2D eigenvalue weighted by atomic mass is 35.5. The van der Waals surface area contributed by atoms with Crippen LogP contribution in [0.1, 0.15) is 38.5 Å². The molecule has 0 aliphatic heterocycles. The fourth-order valence-corrected chi connectivity index (χ4v) is 1.56. The van der Waals surface area contributed by atoms with Gasteiger partial charge in [0.1, 0.15) is 13.2 Å². The molecule has 0 saturated heterocycles. The molecule has 0 spiro atoms. The Balaban J connectivity index is 3.32. The molecule has 4 nitrogen and oxygen atoms in total. The predicted molar refractivity (Wildman–Crippen MR) is 71.1 cm³/mol. The predicted octanol–water partition coefficient (Wildman–Crippen LogP) is 2.89. The molecule has 0 rings (SSSR count). The fourth-order valence-electron chi connectivity index (χ4n) is 1.18. The zero-order valence-corrected chi connectivity index (χ0v) is 12.0. The lowest BCUT2D eigenvalue weighted by atomic mass is 10.2. The topological polar surface area (TPSA) is 52.6 Å². The largest absolute Gasteiger partial charge is 0.462 e. The Morgan fingerprint density at radius 3 is 1.44 bits per heavy atom. The van der Waals surface area contributed by atoms with Crippen LogP contribution in [0.4, 0.5) is 0 Å². The second kappa shape index (κ2) is 13.0. The average Bonchev–Trinajstić information content (AvgIpc) is 2.35. The number of esters is 2. The fraction of sp³-hybridized carbons (Fsp3) is 0.833. The molecular formula is C12H20Cl2O4. The van der Waals surface area contributed by atoms with Crippen LogP contribution in [0.2, 0.25) is 0 Å². The lowest BCUT2D eigenvalue weighted by molar-refractivity contribution is -0.152. The molecule has 0 radical (unpaired) electrons. The summed E-state index contributed by atoms with van der Waals surface area (Å²) in [6.45, 7) is 0.224. The second-order valence-electron chi connectivity index (χ2n) is 3.73.